The number of aryl methyl sites for hydroxylation is 1. The molecule has 0 atom stereocenters. The fourth-order valence-electron chi connectivity index (χ4n) is 3.18. The van der Waals surface area contributed by atoms with E-state index in [1.54, 1.807) is 28.4 Å². The van der Waals surface area contributed by atoms with E-state index in [-0.39, 0.29) is 0 Å². The van der Waals surface area contributed by atoms with Gasteiger partial charge in [0.1, 0.15) is 11.5 Å². The zero-order valence-corrected chi connectivity index (χ0v) is 16.3. The molecule has 3 rings (SSSR count). The van der Waals surface area contributed by atoms with Crippen LogP contribution < -0.4 is 18.9 Å². The molecule has 0 aliphatic rings. The Morgan fingerprint density at radius 1 is 0.519 bits per heavy atom. The zero-order chi connectivity index (χ0) is 19.4. The molecule has 4 nitrogen and oxygen atoms in total. The second-order valence-corrected chi connectivity index (χ2v) is 6.20. The topological polar surface area (TPSA) is 36.9 Å². The highest BCUT2D eigenvalue weighted by Crippen LogP contribution is 2.44. The maximum absolute atomic E-state index is 5.71. The van der Waals surface area contributed by atoms with Crippen molar-refractivity contribution in [2.24, 2.45) is 0 Å². The van der Waals surface area contributed by atoms with Gasteiger partial charge in [0, 0.05) is 0 Å². The van der Waals surface area contributed by atoms with Crippen molar-refractivity contribution in [3.05, 3.63) is 60.2 Å². The molecule has 0 saturated carbocycles. The Kier molecular flexibility index (Phi) is 5.55. The molecule has 0 spiro atoms. The van der Waals surface area contributed by atoms with Crippen LogP contribution in [0, 0.1) is 6.92 Å². The van der Waals surface area contributed by atoms with E-state index in [9.17, 15) is 0 Å². The first-order valence-corrected chi connectivity index (χ1v) is 8.66. The maximum atomic E-state index is 5.71. The van der Waals surface area contributed by atoms with E-state index < -0.39 is 0 Å². The van der Waals surface area contributed by atoms with Crippen LogP contribution in [-0.4, -0.2) is 28.4 Å². The Bertz CT molecular complexity index is 922. The van der Waals surface area contributed by atoms with Crippen molar-refractivity contribution >= 4 is 0 Å². The Hall–Kier alpha value is -3.14. The monoisotopic (exact) mass is 364 g/mol. The number of ether oxygens (including phenoxy) is 4. The van der Waals surface area contributed by atoms with Gasteiger partial charge in [0.2, 0.25) is 0 Å². The highest BCUT2D eigenvalue weighted by Gasteiger charge is 2.17. The number of hydrogen-bond donors (Lipinski definition) is 0. The standard InChI is InChI=1S/C23H24O4/c1-15-7-6-8-16(11-15)18-13-21(26-4)23(22(14-18)27-5)17-9-10-19(24-2)20(12-17)25-3/h6-14H,1-5H3. The van der Waals surface area contributed by atoms with Crippen molar-refractivity contribution in [3.8, 4) is 45.3 Å². The minimum atomic E-state index is 0.655. The third kappa shape index (κ3) is 3.70. The summed E-state index contributed by atoms with van der Waals surface area (Å²) in [7, 11) is 6.57. The fourth-order valence-corrected chi connectivity index (χ4v) is 3.18. The van der Waals surface area contributed by atoms with Gasteiger partial charge in [0.15, 0.2) is 11.5 Å². The predicted octanol–water partition coefficient (Wildman–Crippen LogP) is 5.36. The minimum Gasteiger partial charge on any atom is -0.496 e. The molecule has 0 N–H and O–H groups in total. The van der Waals surface area contributed by atoms with E-state index in [2.05, 4.69) is 25.1 Å². The van der Waals surface area contributed by atoms with Gasteiger partial charge >= 0.3 is 0 Å². The Morgan fingerprint density at radius 2 is 1.11 bits per heavy atom. The Balaban J connectivity index is 2.19. The molecule has 0 aromatic heterocycles. The van der Waals surface area contributed by atoms with Crippen molar-refractivity contribution in [1.82, 2.24) is 0 Å². The summed E-state index contributed by atoms with van der Waals surface area (Å²) in [6.07, 6.45) is 0. The van der Waals surface area contributed by atoms with E-state index in [1.165, 1.54) is 5.56 Å². The van der Waals surface area contributed by atoms with Gasteiger partial charge in [-0.1, -0.05) is 35.9 Å². The molecule has 0 aliphatic heterocycles. The van der Waals surface area contributed by atoms with Crippen LogP contribution in [0.2, 0.25) is 0 Å². The number of hydrogen-bond acceptors (Lipinski definition) is 4. The van der Waals surface area contributed by atoms with Crippen LogP contribution in [0.5, 0.6) is 23.0 Å². The van der Waals surface area contributed by atoms with Crippen LogP contribution in [0.4, 0.5) is 0 Å². The summed E-state index contributed by atoms with van der Waals surface area (Å²) in [5, 5.41) is 0. The molecule has 27 heavy (non-hydrogen) atoms. The molecule has 0 radical (unpaired) electrons. The van der Waals surface area contributed by atoms with Crippen LogP contribution in [0.15, 0.2) is 54.6 Å². The highest BCUT2D eigenvalue weighted by atomic mass is 16.5. The van der Waals surface area contributed by atoms with E-state index in [0.29, 0.717) is 11.5 Å². The van der Waals surface area contributed by atoms with Gasteiger partial charge in [0.05, 0.1) is 34.0 Å². The number of rotatable bonds is 6. The smallest absolute Gasteiger partial charge is 0.161 e. The molecule has 0 unspecified atom stereocenters. The fraction of sp³-hybridized carbons (Fsp3) is 0.217. The van der Waals surface area contributed by atoms with Gasteiger partial charge in [0.25, 0.3) is 0 Å². The summed E-state index contributed by atoms with van der Waals surface area (Å²) in [6, 6.07) is 18.2. The SMILES string of the molecule is COc1ccc(-c2c(OC)cc(-c3cccc(C)c3)cc2OC)cc1OC. The predicted molar refractivity (Wildman–Crippen MR) is 108 cm³/mol. The third-order valence-electron chi connectivity index (χ3n) is 4.53. The average molecular weight is 364 g/mol. The lowest BCUT2D eigenvalue weighted by Gasteiger charge is -2.17. The second-order valence-electron chi connectivity index (χ2n) is 6.20. The molecule has 0 fully saturated rings. The second kappa shape index (κ2) is 8.04. The Morgan fingerprint density at radius 3 is 1.67 bits per heavy atom. The van der Waals surface area contributed by atoms with Crippen molar-refractivity contribution in [3.63, 3.8) is 0 Å². The molecule has 140 valence electrons. The van der Waals surface area contributed by atoms with Crippen LogP contribution in [0.25, 0.3) is 22.3 Å². The summed E-state index contributed by atoms with van der Waals surface area (Å²) >= 11 is 0. The largest absolute Gasteiger partial charge is 0.496 e. The first-order valence-electron chi connectivity index (χ1n) is 8.66. The van der Waals surface area contributed by atoms with Gasteiger partial charge < -0.3 is 18.9 Å². The summed E-state index contributed by atoms with van der Waals surface area (Å²) in [6.45, 7) is 2.08. The average Bonchev–Trinajstić information content (AvgIpc) is 2.72. The van der Waals surface area contributed by atoms with Gasteiger partial charge in [-0.05, 0) is 47.9 Å². The van der Waals surface area contributed by atoms with Gasteiger partial charge in [-0.3, -0.25) is 0 Å². The van der Waals surface area contributed by atoms with Crippen LogP contribution in [-0.2, 0) is 0 Å². The summed E-state index contributed by atoms with van der Waals surface area (Å²) in [5.74, 6) is 2.80. The van der Waals surface area contributed by atoms with Crippen molar-refractivity contribution in [1.29, 1.82) is 0 Å². The molecule has 0 aliphatic carbocycles. The van der Waals surface area contributed by atoms with Crippen molar-refractivity contribution < 1.29 is 18.9 Å². The first-order chi connectivity index (χ1) is 13.1. The minimum absolute atomic E-state index is 0.655. The van der Waals surface area contributed by atoms with Gasteiger partial charge in [-0.15, -0.1) is 0 Å². The lowest BCUT2D eigenvalue weighted by molar-refractivity contribution is 0.355. The summed E-state index contributed by atoms with van der Waals surface area (Å²) in [5.41, 5.74) is 5.16. The zero-order valence-electron chi connectivity index (χ0n) is 16.3. The normalized spacial score (nSPS) is 10.4. The van der Waals surface area contributed by atoms with Gasteiger partial charge in [-0.25, -0.2) is 0 Å². The molecule has 0 bridgehead atoms. The van der Waals surface area contributed by atoms with Crippen molar-refractivity contribution in [2.45, 2.75) is 6.92 Å². The molecular formula is C23H24O4. The Labute approximate surface area is 160 Å². The van der Waals surface area contributed by atoms with E-state index in [0.717, 1.165) is 33.8 Å². The molecular weight excluding hydrogens is 340 g/mol. The highest BCUT2D eigenvalue weighted by molar-refractivity contribution is 5.83. The molecule has 0 saturated heterocycles. The molecule has 4 heteroatoms. The van der Waals surface area contributed by atoms with E-state index in [1.807, 2.05) is 36.4 Å². The van der Waals surface area contributed by atoms with Gasteiger partial charge in [-0.2, -0.15) is 0 Å². The van der Waals surface area contributed by atoms with Crippen molar-refractivity contribution in [2.75, 3.05) is 28.4 Å². The van der Waals surface area contributed by atoms with Crippen LogP contribution in [0.1, 0.15) is 5.56 Å². The third-order valence-corrected chi connectivity index (χ3v) is 4.53. The summed E-state index contributed by atoms with van der Waals surface area (Å²) < 4.78 is 22.2. The molecule has 3 aromatic carbocycles. The molecule has 0 heterocycles. The quantitative estimate of drug-likeness (QED) is 0.590. The first kappa shape index (κ1) is 18.6. The number of benzene rings is 3. The summed E-state index contributed by atoms with van der Waals surface area (Å²) in [4.78, 5) is 0. The lowest BCUT2D eigenvalue weighted by atomic mass is 9.97. The van der Waals surface area contributed by atoms with E-state index >= 15 is 0 Å². The van der Waals surface area contributed by atoms with Crippen LogP contribution >= 0.6 is 0 Å². The number of methoxy groups -OCH3 is 4. The van der Waals surface area contributed by atoms with Crippen LogP contribution in [0.3, 0.4) is 0 Å². The molecule has 0 amide bonds. The van der Waals surface area contributed by atoms with E-state index in [4.69, 9.17) is 18.9 Å². The maximum Gasteiger partial charge on any atom is 0.161 e. The molecule has 3 aromatic rings. The lowest BCUT2D eigenvalue weighted by Crippen LogP contribution is -1.96.